The Balaban J connectivity index is 2.44. The second-order valence-corrected chi connectivity index (χ2v) is 6.90. The summed E-state index contributed by atoms with van der Waals surface area (Å²) in [7, 11) is 1.58. The predicted octanol–water partition coefficient (Wildman–Crippen LogP) is 2.12. The lowest BCUT2D eigenvalue weighted by atomic mass is 9.84. The van der Waals surface area contributed by atoms with Crippen LogP contribution in [-0.4, -0.2) is 48.3 Å². The molecule has 1 aliphatic heterocycles. The van der Waals surface area contributed by atoms with Gasteiger partial charge in [-0.25, -0.2) is 0 Å². The van der Waals surface area contributed by atoms with Crippen LogP contribution in [0.25, 0.3) is 0 Å². The number of nitrogens with zero attached hydrogens (tertiary/aromatic N) is 2. The molecule has 0 spiro atoms. The van der Waals surface area contributed by atoms with E-state index in [4.69, 9.17) is 11.1 Å². The van der Waals surface area contributed by atoms with Crippen LogP contribution in [0.15, 0.2) is 0 Å². The van der Waals surface area contributed by atoms with E-state index in [1.54, 1.807) is 7.05 Å². The third-order valence-corrected chi connectivity index (χ3v) is 4.60. The first-order valence-corrected chi connectivity index (χ1v) is 8.14. The third kappa shape index (κ3) is 6.04. The van der Waals surface area contributed by atoms with Crippen molar-refractivity contribution < 1.29 is 4.79 Å². The Bertz CT molecular complexity index is 356. The Morgan fingerprint density at radius 3 is 2.67 bits per heavy atom. The average Bonchev–Trinajstić information content (AvgIpc) is 2.44. The Morgan fingerprint density at radius 2 is 2.10 bits per heavy atom. The quantitative estimate of drug-likeness (QED) is 0.582. The van der Waals surface area contributed by atoms with Crippen LogP contribution in [0.1, 0.15) is 46.5 Å². The molecule has 1 rings (SSSR count). The van der Waals surface area contributed by atoms with Gasteiger partial charge in [-0.15, -0.1) is 0 Å². The van der Waals surface area contributed by atoms with Crippen molar-refractivity contribution in [2.75, 3.05) is 26.7 Å². The monoisotopic (exact) mass is 296 g/mol. The van der Waals surface area contributed by atoms with E-state index in [1.165, 1.54) is 37.3 Å². The van der Waals surface area contributed by atoms with Crippen LogP contribution in [0, 0.1) is 23.2 Å². The van der Waals surface area contributed by atoms with Crippen LogP contribution < -0.4 is 5.73 Å². The molecule has 0 radical (unpaired) electrons. The molecule has 0 aromatic carbocycles. The third-order valence-electron chi connectivity index (χ3n) is 4.60. The smallest absolute Gasteiger partial charge is 0.229 e. The number of likely N-dealkylation sites (tertiary alicyclic amines) is 1. The van der Waals surface area contributed by atoms with Crippen LogP contribution in [0.2, 0.25) is 0 Å². The SMILES string of the molecule is CC(C)CCN1CCCC([C@H](C)CC(=O)N(C)C(=N)N)C1. The lowest BCUT2D eigenvalue weighted by Gasteiger charge is -2.36. The highest BCUT2D eigenvalue weighted by Gasteiger charge is 2.27. The van der Waals surface area contributed by atoms with Crippen LogP contribution in [0.4, 0.5) is 0 Å². The first-order chi connectivity index (χ1) is 9.81. The van der Waals surface area contributed by atoms with E-state index in [0.29, 0.717) is 18.3 Å². The molecular weight excluding hydrogens is 264 g/mol. The van der Waals surface area contributed by atoms with Gasteiger partial charge in [0.25, 0.3) is 0 Å². The van der Waals surface area contributed by atoms with Crippen molar-refractivity contribution in [1.29, 1.82) is 5.41 Å². The van der Waals surface area contributed by atoms with Gasteiger partial charge in [0.05, 0.1) is 0 Å². The fourth-order valence-corrected chi connectivity index (χ4v) is 2.91. The highest BCUT2D eigenvalue weighted by molar-refractivity contribution is 5.94. The molecule has 5 nitrogen and oxygen atoms in total. The number of piperidine rings is 1. The summed E-state index contributed by atoms with van der Waals surface area (Å²) >= 11 is 0. The van der Waals surface area contributed by atoms with Gasteiger partial charge in [-0.1, -0.05) is 20.8 Å². The largest absolute Gasteiger partial charge is 0.370 e. The molecule has 3 N–H and O–H groups in total. The normalized spacial score (nSPS) is 21.3. The fourth-order valence-electron chi connectivity index (χ4n) is 2.91. The first-order valence-electron chi connectivity index (χ1n) is 8.14. The van der Waals surface area contributed by atoms with Crippen LogP contribution in [0.5, 0.6) is 0 Å². The summed E-state index contributed by atoms with van der Waals surface area (Å²) in [5.41, 5.74) is 5.36. The van der Waals surface area contributed by atoms with Crippen molar-refractivity contribution in [3.63, 3.8) is 0 Å². The highest BCUT2D eigenvalue weighted by atomic mass is 16.2. The number of carbonyl (C=O) groups is 1. The molecule has 1 unspecified atom stereocenters. The molecule has 2 atom stereocenters. The Hall–Kier alpha value is -1.10. The molecule has 0 aromatic heterocycles. The molecule has 21 heavy (non-hydrogen) atoms. The van der Waals surface area contributed by atoms with Gasteiger partial charge in [-0.2, -0.15) is 0 Å². The second-order valence-electron chi connectivity index (χ2n) is 6.90. The molecule has 1 fully saturated rings. The van der Waals surface area contributed by atoms with Gasteiger partial charge < -0.3 is 10.6 Å². The molecular formula is C16H32N4O. The number of hydrogen-bond donors (Lipinski definition) is 2. The molecule has 1 amide bonds. The van der Waals surface area contributed by atoms with Gasteiger partial charge in [-0.05, 0) is 50.1 Å². The van der Waals surface area contributed by atoms with E-state index in [2.05, 4.69) is 25.7 Å². The van der Waals surface area contributed by atoms with Crippen molar-refractivity contribution >= 4 is 11.9 Å². The Kier molecular flexibility index (Phi) is 7.15. The van der Waals surface area contributed by atoms with Crippen molar-refractivity contribution in [2.24, 2.45) is 23.5 Å². The molecule has 1 saturated heterocycles. The summed E-state index contributed by atoms with van der Waals surface area (Å²) in [6.45, 7) is 10.1. The maximum absolute atomic E-state index is 12.0. The number of nitrogens with two attached hydrogens (primary N) is 1. The standard InChI is InChI=1S/C16H32N4O/c1-12(2)7-9-20-8-5-6-14(11-20)13(3)10-15(21)19(4)16(17)18/h12-14H,5-11H2,1-4H3,(H3,17,18)/t13-,14?/m1/s1. The highest BCUT2D eigenvalue weighted by Crippen LogP contribution is 2.26. The van der Waals surface area contributed by atoms with Gasteiger partial charge in [0.15, 0.2) is 5.96 Å². The maximum Gasteiger partial charge on any atom is 0.229 e. The minimum absolute atomic E-state index is 0.0469. The van der Waals surface area contributed by atoms with Gasteiger partial charge in [-0.3, -0.25) is 15.1 Å². The van der Waals surface area contributed by atoms with Crippen molar-refractivity contribution in [3.8, 4) is 0 Å². The molecule has 1 aliphatic rings. The summed E-state index contributed by atoms with van der Waals surface area (Å²) in [5.74, 6) is 1.45. The summed E-state index contributed by atoms with van der Waals surface area (Å²) in [6.07, 6.45) is 4.16. The van der Waals surface area contributed by atoms with Crippen molar-refractivity contribution in [1.82, 2.24) is 9.80 Å². The Morgan fingerprint density at radius 1 is 1.43 bits per heavy atom. The second kappa shape index (κ2) is 8.37. The Labute approximate surface area is 129 Å². The van der Waals surface area contributed by atoms with E-state index in [9.17, 15) is 4.79 Å². The molecule has 0 aromatic rings. The summed E-state index contributed by atoms with van der Waals surface area (Å²) in [6, 6.07) is 0. The predicted molar refractivity (Wildman–Crippen MR) is 87.1 cm³/mol. The topological polar surface area (TPSA) is 73.4 Å². The van der Waals surface area contributed by atoms with E-state index >= 15 is 0 Å². The zero-order valence-corrected chi connectivity index (χ0v) is 14.1. The summed E-state index contributed by atoms with van der Waals surface area (Å²) in [5, 5.41) is 7.32. The molecule has 0 bridgehead atoms. The van der Waals surface area contributed by atoms with E-state index in [-0.39, 0.29) is 11.9 Å². The zero-order chi connectivity index (χ0) is 16.0. The van der Waals surface area contributed by atoms with E-state index < -0.39 is 0 Å². The lowest BCUT2D eigenvalue weighted by Crippen LogP contribution is -2.42. The number of amides is 1. The molecule has 122 valence electrons. The van der Waals surface area contributed by atoms with Crippen LogP contribution >= 0.6 is 0 Å². The number of carbonyl (C=O) groups excluding carboxylic acids is 1. The van der Waals surface area contributed by atoms with Crippen molar-refractivity contribution in [2.45, 2.75) is 46.5 Å². The van der Waals surface area contributed by atoms with E-state index in [1.807, 2.05) is 0 Å². The first kappa shape index (κ1) is 18.0. The minimum atomic E-state index is -0.172. The number of nitrogens with one attached hydrogen (secondary N) is 1. The van der Waals surface area contributed by atoms with Crippen molar-refractivity contribution in [3.05, 3.63) is 0 Å². The molecule has 5 heteroatoms. The number of hydrogen-bond acceptors (Lipinski definition) is 3. The maximum atomic E-state index is 12.0. The number of rotatable bonds is 6. The summed E-state index contributed by atoms with van der Waals surface area (Å²) in [4.78, 5) is 15.8. The van der Waals surface area contributed by atoms with Gasteiger partial charge in [0.1, 0.15) is 0 Å². The van der Waals surface area contributed by atoms with Gasteiger partial charge >= 0.3 is 0 Å². The van der Waals surface area contributed by atoms with Crippen LogP contribution in [-0.2, 0) is 4.79 Å². The molecule has 1 heterocycles. The summed E-state index contributed by atoms with van der Waals surface area (Å²) < 4.78 is 0. The minimum Gasteiger partial charge on any atom is -0.370 e. The average molecular weight is 296 g/mol. The van der Waals surface area contributed by atoms with Gasteiger partial charge in [0.2, 0.25) is 5.91 Å². The van der Waals surface area contributed by atoms with Gasteiger partial charge in [0, 0.05) is 20.0 Å². The van der Waals surface area contributed by atoms with Crippen LogP contribution in [0.3, 0.4) is 0 Å². The zero-order valence-electron chi connectivity index (χ0n) is 14.1. The number of guanidine groups is 1. The molecule has 0 aliphatic carbocycles. The lowest BCUT2D eigenvalue weighted by molar-refractivity contribution is -0.127. The molecule has 0 saturated carbocycles. The van der Waals surface area contributed by atoms with E-state index in [0.717, 1.165) is 12.5 Å². The fraction of sp³-hybridized carbons (Fsp3) is 0.875.